The number of pyridine rings is 2. The molecule has 3 heterocycles. The van der Waals surface area contributed by atoms with Crippen molar-refractivity contribution >= 4 is 28.6 Å². The standard InChI is InChI=1S/C26H34N6O/c1-6-28-14-18-11-20(24(33-5)13-21(18)27)22-12-17-7-8-25(30-23(17)15-29-22)32-10-9-19(16-32)31-26(2,3)4/h7-8,11-15,19,31H,6,9-10,16,27H2,1-5H3. The summed E-state index contributed by atoms with van der Waals surface area (Å²) in [5, 5.41) is 4.74. The molecule has 1 unspecified atom stereocenters. The number of aliphatic imine (C=N–C) groups is 1. The maximum absolute atomic E-state index is 6.18. The van der Waals surface area contributed by atoms with Crippen molar-refractivity contribution in [2.45, 2.75) is 45.7 Å². The minimum absolute atomic E-state index is 0.114. The van der Waals surface area contributed by atoms with Gasteiger partial charge in [-0.2, -0.15) is 0 Å². The van der Waals surface area contributed by atoms with Crippen molar-refractivity contribution in [1.82, 2.24) is 15.3 Å². The first-order valence-electron chi connectivity index (χ1n) is 11.5. The summed E-state index contributed by atoms with van der Waals surface area (Å²) >= 11 is 0. The van der Waals surface area contributed by atoms with Crippen LogP contribution < -0.4 is 20.7 Å². The van der Waals surface area contributed by atoms with Gasteiger partial charge in [-0.1, -0.05) is 0 Å². The first-order chi connectivity index (χ1) is 15.8. The van der Waals surface area contributed by atoms with Gasteiger partial charge in [0.1, 0.15) is 11.6 Å². The minimum Gasteiger partial charge on any atom is -0.496 e. The third-order valence-corrected chi connectivity index (χ3v) is 5.80. The molecule has 0 amide bonds. The summed E-state index contributed by atoms with van der Waals surface area (Å²) in [7, 11) is 1.64. The Morgan fingerprint density at radius 1 is 1.27 bits per heavy atom. The molecule has 1 aliphatic rings. The maximum atomic E-state index is 6.18. The Hall–Kier alpha value is -3.19. The van der Waals surface area contributed by atoms with Crippen molar-refractivity contribution < 1.29 is 4.74 Å². The summed E-state index contributed by atoms with van der Waals surface area (Å²) in [5.41, 5.74) is 10.4. The van der Waals surface area contributed by atoms with Crippen LogP contribution in [0.2, 0.25) is 0 Å². The van der Waals surface area contributed by atoms with Gasteiger partial charge < -0.3 is 20.7 Å². The Morgan fingerprint density at radius 3 is 2.82 bits per heavy atom. The van der Waals surface area contributed by atoms with Crippen molar-refractivity contribution in [3.63, 3.8) is 0 Å². The van der Waals surface area contributed by atoms with Crippen molar-refractivity contribution in [2.75, 3.05) is 37.4 Å². The van der Waals surface area contributed by atoms with E-state index in [9.17, 15) is 0 Å². The van der Waals surface area contributed by atoms with Crippen LogP contribution >= 0.6 is 0 Å². The number of aromatic nitrogens is 2. The topological polar surface area (TPSA) is 88.7 Å². The third kappa shape index (κ3) is 5.25. The second-order valence-electron chi connectivity index (χ2n) is 9.57. The zero-order valence-electron chi connectivity index (χ0n) is 20.2. The van der Waals surface area contributed by atoms with E-state index in [4.69, 9.17) is 20.4 Å². The van der Waals surface area contributed by atoms with Gasteiger partial charge in [-0.3, -0.25) is 9.98 Å². The van der Waals surface area contributed by atoms with Gasteiger partial charge in [-0.05, 0) is 58.4 Å². The summed E-state index contributed by atoms with van der Waals surface area (Å²) in [6.07, 6.45) is 4.75. The molecule has 2 aromatic heterocycles. The van der Waals surface area contributed by atoms with Crippen LogP contribution in [0.25, 0.3) is 22.2 Å². The molecule has 3 N–H and O–H groups in total. The summed E-state index contributed by atoms with van der Waals surface area (Å²) < 4.78 is 5.59. The summed E-state index contributed by atoms with van der Waals surface area (Å²) in [5.74, 6) is 1.69. The van der Waals surface area contributed by atoms with Crippen molar-refractivity contribution in [2.24, 2.45) is 4.99 Å². The fraction of sp³-hybridized carbons (Fsp3) is 0.423. The van der Waals surface area contributed by atoms with E-state index < -0.39 is 0 Å². The van der Waals surface area contributed by atoms with Crippen LogP contribution in [0.1, 0.15) is 39.7 Å². The van der Waals surface area contributed by atoms with Crippen LogP contribution in [0, 0.1) is 0 Å². The number of hydrogen-bond acceptors (Lipinski definition) is 7. The molecule has 0 bridgehead atoms. The summed E-state index contributed by atoms with van der Waals surface area (Å²) in [6, 6.07) is 10.6. The average molecular weight is 447 g/mol. The van der Waals surface area contributed by atoms with Gasteiger partial charge in [0, 0.05) is 65.7 Å². The molecule has 3 aromatic rings. The second kappa shape index (κ2) is 9.35. The number of nitrogen functional groups attached to an aromatic ring is 1. The first kappa shape index (κ1) is 23.0. The van der Waals surface area contributed by atoms with Crippen molar-refractivity contribution in [1.29, 1.82) is 0 Å². The van der Waals surface area contributed by atoms with Gasteiger partial charge in [0.15, 0.2) is 0 Å². The maximum Gasteiger partial charge on any atom is 0.130 e. The van der Waals surface area contributed by atoms with E-state index >= 15 is 0 Å². The lowest BCUT2D eigenvalue weighted by Gasteiger charge is -2.26. The quantitative estimate of drug-likeness (QED) is 0.434. The fourth-order valence-corrected chi connectivity index (χ4v) is 4.32. The summed E-state index contributed by atoms with van der Waals surface area (Å²) in [6.45, 7) is 11.3. The van der Waals surface area contributed by atoms with E-state index in [1.54, 1.807) is 13.3 Å². The molecule has 0 aliphatic carbocycles. The molecule has 7 heteroatoms. The van der Waals surface area contributed by atoms with Gasteiger partial charge >= 0.3 is 0 Å². The SMILES string of the molecule is CCN=Cc1cc(-c2cc3ccc(N4CCC(NC(C)(C)C)C4)nc3cn2)c(OC)cc1N. The number of methoxy groups -OCH3 is 1. The normalized spacial score (nSPS) is 16.8. The van der Waals surface area contributed by atoms with Crippen LogP contribution in [0.5, 0.6) is 5.75 Å². The first-order valence-corrected chi connectivity index (χ1v) is 11.5. The molecule has 0 radical (unpaired) electrons. The molecule has 1 aromatic carbocycles. The van der Waals surface area contributed by atoms with Gasteiger partial charge in [0.25, 0.3) is 0 Å². The van der Waals surface area contributed by atoms with Crippen molar-refractivity contribution in [3.8, 4) is 17.0 Å². The molecule has 7 nitrogen and oxygen atoms in total. The lowest BCUT2D eigenvalue weighted by molar-refractivity contribution is 0.373. The van der Waals surface area contributed by atoms with Crippen LogP contribution in [-0.4, -0.2) is 54.5 Å². The van der Waals surface area contributed by atoms with Crippen LogP contribution in [0.15, 0.2) is 41.5 Å². The summed E-state index contributed by atoms with van der Waals surface area (Å²) in [4.78, 5) is 16.3. The third-order valence-electron chi connectivity index (χ3n) is 5.80. The lowest BCUT2D eigenvalue weighted by Crippen LogP contribution is -2.44. The number of hydrogen-bond donors (Lipinski definition) is 2. The highest BCUT2D eigenvalue weighted by Crippen LogP contribution is 2.34. The van der Waals surface area contributed by atoms with Crippen LogP contribution in [0.3, 0.4) is 0 Å². The number of ether oxygens (including phenoxy) is 1. The number of benzene rings is 1. The van der Waals surface area contributed by atoms with Crippen LogP contribution in [-0.2, 0) is 0 Å². The molecule has 1 aliphatic heterocycles. The molecule has 0 saturated carbocycles. The van der Waals surface area contributed by atoms with Crippen LogP contribution in [0.4, 0.5) is 11.5 Å². The van der Waals surface area contributed by atoms with Gasteiger partial charge in [-0.25, -0.2) is 4.98 Å². The van der Waals surface area contributed by atoms with Gasteiger partial charge in [-0.15, -0.1) is 0 Å². The Balaban J connectivity index is 1.62. The largest absolute Gasteiger partial charge is 0.496 e. The number of nitrogens with zero attached hydrogens (tertiary/aromatic N) is 4. The average Bonchev–Trinajstić information content (AvgIpc) is 3.24. The van der Waals surface area contributed by atoms with E-state index in [1.807, 2.05) is 25.3 Å². The predicted molar refractivity (Wildman–Crippen MR) is 138 cm³/mol. The van der Waals surface area contributed by atoms with E-state index in [0.717, 1.165) is 53.1 Å². The Kier molecular flexibility index (Phi) is 6.51. The zero-order chi connectivity index (χ0) is 23.6. The van der Waals surface area contributed by atoms with E-state index in [2.05, 4.69) is 54.2 Å². The number of fused-ring (bicyclic) bond motifs is 1. The Morgan fingerprint density at radius 2 is 2.09 bits per heavy atom. The number of nitrogens with one attached hydrogen (secondary N) is 1. The second-order valence-corrected chi connectivity index (χ2v) is 9.57. The predicted octanol–water partition coefficient (Wildman–Crippen LogP) is 4.29. The highest BCUT2D eigenvalue weighted by Gasteiger charge is 2.26. The van der Waals surface area contributed by atoms with Crippen molar-refractivity contribution in [3.05, 3.63) is 42.1 Å². The van der Waals surface area contributed by atoms with Gasteiger partial charge in [0.2, 0.25) is 0 Å². The van der Waals surface area contributed by atoms with Gasteiger partial charge in [0.05, 0.1) is 24.5 Å². The zero-order valence-corrected chi connectivity index (χ0v) is 20.2. The Bertz CT molecular complexity index is 1170. The molecule has 1 atom stereocenters. The molecule has 174 valence electrons. The highest BCUT2D eigenvalue weighted by atomic mass is 16.5. The monoisotopic (exact) mass is 446 g/mol. The fourth-order valence-electron chi connectivity index (χ4n) is 4.32. The number of rotatable bonds is 6. The lowest BCUT2D eigenvalue weighted by atomic mass is 10.0. The van der Waals surface area contributed by atoms with E-state index in [1.165, 1.54) is 0 Å². The molecular formula is C26H34N6O. The molecular weight excluding hydrogens is 412 g/mol. The number of anilines is 2. The minimum atomic E-state index is 0.114. The van der Waals surface area contributed by atoms with E-state index in [0.29, 0.717) is 24.0 Å². The number of nitrogens with two attached hydrogens (primary N) is 1. The smallest absolute Gasteiger partial charge is 0.130 e. The highest BCUT2D eigenvalue weighted by molar-refractivity contribution is 5.92. The molecule has 1 saturated heterocycles. The molecule has 0 spiro atoms. The molecule has 1 fully saturated rings. The Labute approximate surface area is 196 Å². The molecule has 33 heavy (non-hydrogen) atoms. The molecule has 4 rings (SSSR count). The van der Waals surface area contributed by atoms with E-state index in [-0.39, 0.29) is 5.54 Å².